The summed E-state index contributed by atoms with van der Waals surface area (Å²) in [6.07, 6.45) is 0.539. The molecule has 1 heterocycles. The van der Waals surface area contributed by atoms with E-state index >= 15 is 0 Å². The van der Waals surface area contributed by atoms with Gasteiger partial charge in [0.05, 0.1) is 19.9 Å². The van der Waals surface area contributed by atoms with Crippen LogP contribution in [0.2, 0.25) is 5.02 Å². The van der Waals surface area contributed by atoms with Crippen LogP contribution in [-0.4, -0.2) is 25.1 Å². The van der Waals surface area contributed by atoms with Crippen LogP contribution in [0.5, 0.6) is 5.75 Å². The number of esters is 1. The summed E-state index contributed by atoms with van der Waals surface area (Å²) in [6.45, 7) is 1.70. The first-order chi connectivity index (χ1) is 11.0. The number of carbonyl (C=O) groups is 2. The van der Waals surface area contributed by atoms with E-state index in [0.29, 0.717) is 16.5 Å². The van der Waals surface area contributed by atoms with E-state index in [9.17, 15) is 9.59 Å². The van der Waals surface area contributed by atoms with Crippen molar-refractivity contribution in [3.8, 4) is 5.75 Å². The summed E-state index contributed by atoms with van der Waals surface area (Å²) < 4.78 is 15.3. The molecule has 1 amide bonds. The molecular weight excluding hydrogens is 322 g/mol. The van der Waals surface area contributed by atoms with Crippen molar-refractivity contribution in [1.29, 1.82) is 0 Å². The predicted molar refractivity (Wildman–Crippen MR) is 83.4 cm³/mol. The first kappa shape index (κ1) is 16.9. The number of rotatable bonds is 6. The van der Waals surface area contributed by atoms with Crippen molar-refractivity contribution in [1.82, 2.24) is 5.32 Å². The second-order valence-electron chi connectivity index (χ2n) is 4.69. The van der Waals surface area contributed by atoms with Crippen molar-refractivity contribution in [3.05, 3.63) is 52.9 Å². The average Bonchev–Trinajstić information content (AvgIpc) is 3.05. The molecule has 0 saturated carbocycles. The van der Waals surface area contributed by atoms with Gasteiger partial charge in [-0.15, -0.1) is 0 Å². The Balaban J connectivity index is 1.96. The van der Waals surface area contributed by atoms with Crippen LogP contribution in [0.4, 0.5) is 0 Å². The van der Waals surface area contributed by atoms with Gasteiger partial charge in [0.2, 0.25) is 0 Å². The zero-order valence-electron chi connectivity index (χ0n) is 12.7. The Morgan fingerprint density at radius 1 is 1.35 bits per heavy atom. The molecular formula is C16H16ClNO5. The lowest BCUT2D eigenvalue weighted by Crippen LogP contribution is -2.35. The molecule has 1 N–H and O–H groups in total. The van der Waals surface area contributed by atoms with Crippen LogP contribution in [0.15, 0.2) is 41.0 Å². The fourth-order valence-corrected chi connectivity index (χ4v) is 2.02. The minimum Gasteiger partial charge on any atom is -0.496 e. The Bertz CT molecular complexity index is 684. The molecule has 1 atom stereocenters. The Labute approximate surface area is 138 Å². The SMILES string of the molecule is COc1ccc(Cl)cc1C(=O)OC(C)C(=O)NCc1ccco1. The molecule has 0 saturated heterocycles. The fraction of sp³-hybridized carbons (Fsp3) is 0.250. The van der Waals surface area contributed by atoms with Gasteiger partial charge in [-0.25, -0.2) is 4.79 Å². The summed E-state index contributed by atoms with van der Waals surface area (Å²) >= 11 is 5.87. The molecule has 1 aromatic carbocycles. The van der Waals surface area contributed by atoms with Crippen molar-refractivity contribution < 1.29 is 23.5 Å². The lowest BCUT2D eigenvalue weighted by atomic mass is 10.2. The van der Waals surface area contributed by atoms with E-state index in [1.54, 1.807) is 24.3 Å². The molecule has 0 spiro atoms. The number of halogens is 1. The smallest absolute Gasteiger partial charge is 0.342 e. The third-order valence-electron chi connectivity index (χ3n) is 3.05. The van der Waals surface area contributed by atoms with E-state index in [2.05, 4.69) is 5.32 Å². The maximum Gasteiger partial charge on any atom is 0.342 e. The maximum absolute atomic E-state index is 12.2. The summed E-state index contributed by atoms with van der Waals surface area (Å²) in [5.74, 6) is -0.197. The van der Waals surface area contributed by atoms with Crippen LogP contribution >= 0.6 is 11.6 Å². The molecule has 0 fully saturated rings. The molecule has 6 nitrogen and oxygen atoms in total. The van der Waals surface area contributed by atoms with Gasteiger partial charge in [0.1, 0.15) is 17.1 Å². The summed E-state index contributed by atoms with van der Waals surface area (Å²) in [4.78, 5) is 24.1. The second-order valence-corrected chi connectivity index (χ2v) is 5.13. The highest BCUT2D eigenvalue weighted by Gasteiger charge is 2.21. The van der Waals surface area contributed by atoms with Crippen molar-refractivity contribution in [2.45, 2.75) is 19.6 Å². The molecule has 0 bridgehead atoms. The topological polar surface area (TPSA) is 77.8 Å². The van der Waals surface area contributed by atoms with Gasteiger partial charge in [-0.2, -0.15) is 0 Å². The van der Waals surface area contributed by atoms with Crippen molar-refractivity contribution in [2.24, 2.45) is 0 Å². The first-order valence-corrected chi connectivity index (χ1v) is 7.23. The number of carbonyl (C=O) groups excluding carboxylic acids is 2. The molecule has 23 heavy (non-hydrogen) atoms. The monoisotopic (exact) mass is 337 g/mol. The molecule has 0 aliphatic rings. The summed E-state index contributed by atoms with van der Waals surface area (Å²) in [5.41, 5.74) is 0.158. The Morgan fingerprint density at radius 3 is 2.78 bits per heavy atom. The number of furan rings is 1. The molecule has 2 rings (SSSR count). The van der Waals surface area contributed by atoms with E-state index in [-0.39, 0.29) is 12.1 Å². The largest absolute Gasteiger partial charge is 0.496 e. The van der Waals surface area contributed by atoms with Crippen LogP contribution in [-0.2, 0) is 16.1 Å². The third-order valence-corrected chi connectivity index (χ3v) is 3.29. The number of ether oxygens (including phenoxy) is 2. The zero-order valence-corrected chi connectivity index (χ0v) is 13.4. The molecule has 1 unspecified atom stereocenters. The van der Waals surface area contributed by atoms with Gasteiger partial charge >= 0.3 is 5.97 Å². The first-order valence-electron chi connectivity index (χ1n) is 6.86. The van der Waals surface area contributed by atoms with Crippen LogP contribution in [0.1, 0.15) is 23.0 Å². The highest BCUT2D eigenvalue weighted by atomic mass is 35.5. The number of methoxy groups -OCH3 is 1. The van der Waals surface area contributed by atoms with E-state index in [0.717, 1.165) is 0 Å². The molecule has 0 radical (unpaired) electrons. The number of nitrogens with one attached hydrogen (secondary N) is 1. The van der Waals surface area contributed by atoms with Gasteiger partial charge in [-0.3, -0.25) is 4.79 Å². The molecule has 0 aliphatic heterocycles. The van der Waals surface area contributed by atoms with E-state index in [4.69, 9.17) is 25.5 Å². The lowest BCUT2D eigenvalue weighted by molar-refractivity contribution is -0.129. The molecule has 122 valence electrons. The van der Waals surface area contributed by atoms with Crippen LogP contribution in [0, 0.1) is 0 Å². The quantitative estimate of drug-likeness (QED) is 0.820. The number of hydrogen-bond acceptors (Lipinski definition) is 5. The number of benzene rings is 1. The number of amides is 1. The van der Waals surface area contributed by atoms with Crippen molar-refractivity contribution in [2.75, 3.05) is 7.11 Å². The van der Waals surface area contributed by atoms with Crippen molar-refractivity contribution >= 4 is 23.5 Å². The van der Waals surface area contributed by atoms with Gasteiger partial charge in [0, 0.05) is 5.02 Å². The standard InChI is InChI=1S/C16H16ClNO5/c1-10(15(19)18-9-12-4-3-7-22-12)23-16(20)13-8-11(17)5-6-14(13)21-2/h3-8,10H,9H2,1-2H3,(H,18,19). The molecule has 0 aliphatic carbocycles. The maximum atomic E-state index is 12.2. The van der Waals surface area contributed by atoms with E-state index < -0.39 is 18.0 Å². The Hall–Kier alpha value is -2.47. The molecule has 2 aromatic rings. The second kappa shape index (κ2) is 7.69. The fourth-order valence-electron chi connectivity index (χ4n) is 1.85. The van der Waals surface area contributed by atoms with Gasteiger partial charge in [0.15, 0.2) is 6.10 Å². The Kier molecular flexibility index (Phi) is 5.65. The molecule has 1 aromatic heterocycles. The summed E-state index contributed by atoms with van der Waals surface area (Å²) in [7, 11) is 1.43. The van der Waals surface area contributed by atoms with Gasteiger partial charge in [-0.05, 0) is 37.3 Å². The minimum atomic E-state index is -0.971. The highest BCUT2D eigenvalue weighted by Crippen LogP contribution is 2.23. The van der Waals surface area contributed by atoms with E-state index in [1.165, 1.54) is 26.4 Å². The van der Waals surface area contributed by atoms with Crippen LogP contribution in [0.3, 0.4) is 0 Å². The normalized spacial score (nSPS) is 11.6. The van der Waals surface area contributed by atoms with Crippen LogP contribution < -0.4 is 10.1 Å². The zero-order chi connectivity index (χ0) is 16.8. The van der Waals surface area contributed by atoms with Gasteiger partial charge in [0.25, 0.3) is 5.91 Å². The van der Waals surface area contributed by atoms with Crippen LogP contribution in [0.25, 0.3) is 0 Å². The van der Waals surface area contributed by atoms with E-state index in [1.807, 2.05) is 0 Å². The van der Waals surface area contributed by atoms with Gasteiger partial charge in [-0.1, -0.05) is 11.6 Å². The Morgan fingerprint density at radius 2 is 2.13 bits per heavy atom. The van der Waals surface area contributed by atoms with Gasteiger partial charge < -0.3 is 19.2 Å². The molecule has 7 heteroatoms. The van der Waals surface area contributed by atoms with Crippen molar-refractivity contribution in [3.63, 3.8) is 0 Å². The summed E-state index contributed by atoms with van der Waals surface area (Å²) in [5, 5.41) is 2.98. The highest BCUT2D eigenvalue weighted by molar-refractivity contribution is 6.31. The third kappa shape index (κ3) is 4.50. The number of hydrogen-bond donors (Lipinski definition) is 1. The lowest BCUT2D eigenvalue weighted by Gasteiger charge is -2.14. The average molecular weight is 338 g/mol. The minimum absolute atomic E-state index is 0.158. The predicted octanol–water partition coefficient (Wildman–Crippen LogP) is 2.80. The summed E-state index contributed by atoms with van der Waals surface area (Å²) in [6, 6.07) is 8.03.